The van der Waals surface area contributed by atoms with Crippen molar-refractivity contribution in [3.8, 4) is 56.7 Å². The van der Waals surface area contributed by atoms with Crippen molar-refractivity contribution in [2.75, 3.05) is 0 Å². The van der Waals surface area contributed by atoms with Crippen molar-refractivity contribution in [1.29, 1.82) is 0 Å². The lowest BCUT2D eigenvalue weighted by atomic mass is 9.96. The molecule has 270 valence electrons. The van der Waals surface area contributed by atoms with Crippen molar-refractivity contribution in [1.82, 2.24) is 19.9 Å². The third kappa shape index (κ3) is 5.12. The molecule has 0 radical (unpaired) electrons. The van der Waals surface area contributed by atoms with E-state index in [4.69, 9.17) is 28.8 Å². The lowest BCUT2D eigenvalue weighted by Crippen LogP contribution is -2.01. The Bertz CT molecular complexity index is 3560. The molecule has 0 aliphatic heterocycles. The minimum atomic E-state index is 0.571. The van der Waals surface area contributed by atoms with E-state index in [-0.39, 0.29) is 0 Å². The van der Waals surface area contributed by atoms with Gasteiger partial charge in [0.2, 0.25) is 5.89 Å². The van der Waals surface area contributed by atoms with Gasteiger partial charge in [0.05, 0.1) is 5.39 Å². The number of hydrogen-bond acceptors (Lipinski definition) is 6. The standard InChI is InChI=1S/C52H30N4O2/c1-3-12-31(13-4-1)32-22-24-33(25-23-32)49-54-50(56-51(55-49)42-30-35-16-7-8-17-36(35)37-18-9-10-19-38(37)42)41-21-11-20-40-39(41)26-27-43-46(40)47-44(57-43)28-29-45-48(47)53-52(58-45)34-14-5-2-6-15-34/h1-30H. The van der Waals surface area contributed by atoms with E-state index in [2.05, 4.69) is 127 Å². The van der Waals surface area contributed by atoms with E-state index < -0.39 is 0 Å². The molecule has 0 unspecified atom stereocenters. The summed E-state index contributed by atoms with van der Waals surface area (Å²) in [5.74, 6) is 2.36. The maximum Gasteiger partial charge on any atom is 0.227 e. The second-order valence-corrected chi connectivity index (χ2v) is 14.6. The molecule has 0 amide bonds. The molecule has 0 N–H and O–H groups in total. The molecule has 3 aromatic heterocycles. The summed E-state index contributed by atoms with van der Waals surface area (Å²) >= 11 is 0. The van der Waals surface area contributed by atoms with Gasteiger partial charge in [0.15, 0.2) is 23.1 Å². The van der Waals surface area contributed by atoms with Gasteiger partial charge < -0.3 is 8.83 Å². The number of rotatable bonds is 5. The lowest BCUT2D eigenvalue weighted by Gasteiger charge is -2.13. The Hall–Kier alpha value is -7.96. The number of oxazole rings is 1. The highest BCUT2D eigenvalue weighted by molar-refractivity contribution is 6.26. The molecule has 0 aliphatic carbocycles. The quantitative estimate of drug-likeness (QED) is 0.163. The zero-order valence-electron chi connectivity index (χ0n) is 30.9. The normalized spacial score (nSPS) is 11.8. The van der Waals surface area contributed by atoms with Crippen molar-refractivity contribution >= 4 is 65.4 Å². The summed E-state index contributed by atoms with van der Waals surface area (Å²) in [5, 5.41) is 8.44. The van der Waals surface area contributed by atoms with Gasteiger partial charge in [0.25, 0.3) is 0 Å². The van der Waals surface area contributed by atoms with E-state index in [1.807, 2.05) is 54.6 Å². The van der Waals surface area contributed by atoms with Crippen molar-refractivity contribution in [3.05, 3.63) is 182 Å². The fraction of sp³-hybridized carbons (Fsp3) is 0. The molecule has 6 heteroatoms. The summed E-state index contributed by atoms with van der Waals surface area (Å²) < 4.78 is 12.8. The summed E-state index contributed by atoms with van der Waals surface area (Å²) in [6.45, 7) is 0. The predicted octanol–water partition coefficient (Wildman–Crippen LogP) is 13.7. The van der Waals surface area contributed by atoms with Gasteiger partial charge in [-0.05, 0) is 85.9 Å². The lowest BCUT2D eigenvalue weighted by molar-refractivity contribution is 0.619. The molecule has 12 aromatic rings. The van der Waals surface area contributed by atoms with Gasteiger partial charge >= 0.3 is 0 Å². The average molecular weight is 743 g/mol. The number of benzene rings is 9. The van der Waals surface area contributed by atoms with Gasteiger partial charge in [-0.1, -0.05) is 140 Å². The topological polar surface area (TPSA) is 77.8 Å². The van der Waals surface area contributed by atoms with Crippen LogP contribution in [0.25, 0.3) is 122 Å². The van der Waals surface area contributed by atoms with Crippen LogP contribution in [-0.2, 0) is 0 Å². The first-order valence-corrected chi connectivity index (χ1v) is 19.3. The summed E-state index contributed by atoms with van der Waals surface area (Å²) in [6.07, 6.45) is 0. The second kappa shape index (κ2) is 12.8. The summed E-state index contributed by atoms with van der Waals surface area (Å²) in [6, 6.07) is 62.3. The van der Waals surface area contributed by atoms with Crippen LogP contribution in [0.1, 0.15) is 0 Å². The predicted molar refractivity (Wildman–Crippen MR) is 234 cm³/mol. The Morgan fingerprint density at radius 1 is 0.310 bits per heavy atom. The molecular weight excluding hydrogens is 713 g/mol. The minimum Gasteiger partial charge on any atom is -0.456 e. The Kier molecular flexibility index (Phi) is 7.13. The van der Waals surface area contributed by atoms with Gasteiger partial charge in [-0.3, -0.25) is 0 Å². The SMILES string of the molecule is c1ccc(-c2ccc(-c3nc(-c4cc5ccccc5c5ccccc45)nc(-c4cccc5c4ccc4oc6ccc7oc(-c8ccccc8)nc7c6c45)n3)cc2)cc1. The van der Waals surface area contributed by atoms with Gasteiger partial charge in [-0.15, -0.1) is 0 Å². The molecule has 0 aliphatic rings. The molecule has 6 nitrogen and oxygen atoms in total. The Labute approximate surface area is 331 Å². The first-order chi connectivity index (χ1) is 28.7. The van der Waals surface area contributed by atoms with Gasteiger partial charge in [-0.2, -0.15) is 0 Å². The van der Waals surface area contributed by atoms with Gasteiger partial charge in [0.1, 0.15) is 16.7 Å². The average Bonchev–Trinajstić information content (AvgIpc) is 3.91. The molecule has 0 saturated carbocycles. The number of fused-ring (bicyclic) bond motifs is 10. The number of furan rings is 1. The molecule has 3 heterocycles. The van der Waals surface area contributed by atoms with Crippen molar-refractivity contribution in [3.63, 3.8) is 0 Å². The van der Waals surface area contributed by atoms with Crippen LogP contribution in [0, 0.1) is 0 Å². The van der Waals surface area contributed by atoms with Crippen LogP contribution in [0.2, 0.25) is 0 Å². The molecule has 0 fully saturated rings. The zero-order valence-corrected chi connectivity index (χ0v) is 30.9. The smallest absolute Gasteiger partial charge is 0.227 e. The van der Waals surface area contributed by atoms with E-state index in [0.29, 0.717) is 28.9 Å². The van der Waals surface area contributed by atoms with E-state index in [9.17, 15) is 0 Å². The first kappa shape index (κ1) is 32.3. The van der Waals surface area contributed by atoms with Crippen molar-refractivity contribution in [2.24, 2.45) is 0 Å². The molecule has 0 spiro atoms. The zero-order chi connectivity index (χ0) is 38.2. The number of hydrogen-bond donors (Lipinski definition) is 0. The van der Waals surface area contributed by atoms with Crippen LogP contribution >= 0.6 is 0 Å². The molecule has 0 atom stereocenters. The fourth-order valence-corrected chi connectivity index (χ4v) is 8.43. The third-order valence-electron chi connectivity index (χ3n) is 11.2. The second-order valence-electron chi connectivity index (χ2n) is 14.6. The van der Waals surface area contributed by atoms with E-state index in [0.717, 1.165) is 87.8 Å². The summed E-state index contributed by atoms with van der Waals surface area (Å²) in [4.78, 5) is 20.8. The number of nitrogens with zero attached hydrogens (tertiary/aromatic N) is 4. The maximum absolute atomic E-state index is 6.48. The highest BCUT2D eigenvalue weighted by Crippen LogP contribution is 2.42. The van der Waals surface area contributed by atoms with Crippen LogP contribution in [0.3, 0.4) is 0 Å². The van der Waals surface area contributed by atoms with Crippen LogP contribution < -0.4 is 0 Å². The Balaban J connectivity index is 1.10. The van der Waals surface area contributed by atoms with Gasteiger partial charge in [-0.25, -0.2) is 19.9 Å². The van der Waals surface area contributed by atoms with Crippen LogP contribution in [0.4, 0.5) is 0 Å². The molecule has 0 bridgehead atoms. The molecule has 58 heavy (non-hydrogen) atoms. The largest absolute Gasteiger partial charge is 0.456 e. The highest BCUT2D eigenvalue weighted by atomic mass is 16.4. The highest BCUT2D eigenvalue weighted by Gasteiger charge is 2.21. The molecule has 12 rings (SSSR count). The molecule has 9 aromatic carbocycles. The first-order valence-electron chi connectivity index (χ1n) is 19.3. The Morgan fingerprint density at radius 3 is 1.69 bits per heavy atom. The minimum absolute atomic E-state index is 0.571. The van der Waals surface area contributed by atoms with Crippen LogP contribution in [0.15, 0.2) is 191 Å². The fourth-order valence-electron chi connectivity index (χ4n) is 8.43. The van der Waals surface area contributed by atoms with E-state index in [1.54, 1.807) is 0 Å². The number of aromatic nitrogens is 4. The van der Waals surface area contributed by atoms with Crippen LogP contribution in [0.5, 0.6) is 0 Å². The monoisotopic (exact) mass is 742 g/mol. The molecular formula is C52H30N4O2. The summed E-state index contributed by atoms with van der Waals surface area (Å²) in [5.41, 5.74) is 8.93. The summed E-state index contributed by atoms with van der Waals surface area (Å²) in [7, 11) is 0. The maximum atomic E-state index is 6.48. The Morgan fingerprint density at radius 2 is 0.879 bits per heavy atom. The third-order valence-corrected chi connectivity index (χ3v) is 11.2. The van der Waals surface area contributed by atoms with Gasteiger partial charge in [0, 0.05) is 27.6 Å². The van der Waals surface area contributed by atoms with Crippen LogP contribution in [-0.4, -0.2) is 19.9 Å². The molecule has 0 saturated heterocycles. The van der Waals surface area contributed by atoms with E-state index >= 15 is 0 Å². The van der Waals surface area contributed by atoms with E-state index in [1.165, 1.54) is 5.39 Å². The van der Waals surface area contributed by atoms with Crippen molar-refractivity contribution in [2.45, 2.75) is 0 Å². The van der Waals surface area contributed by atoms with Crippen molar-refractivity contribution < 1.29 is 8.83 Å².